The SMILES string of the molecule is Cn1ccc(NC(=O)CCc2ccc(S(N)(=O)=O)cc2)n1. The number of primary sulfonamides is 1. The van der Waals surface area contributed by atoms with E-state index in [1.165, 1.54) is 12.1 Å². The van der Waals surface area contributed by atoms with Gasteiger partial charge in [0.2, 0.25) is 15.9 Å². The lowest BCUT2D eigenvalue weighted by molar-refractivity contribution is -0.116. The summed E-state index contributed by atoms with van der Waals surface area (Å²) in [6.45, 7) is 0. The van der Waals surface area contributed by atoms with Crippen LogP contribution >= 0.6 is 0 Å². The molecule has 112 valence electrons. The fourth-order valence-corrected chi connectivity index (χ4v) is 2.31. The van der Waals surface area contributed by atoms with Crippen molar-refractivity contribution in [2.24, 2.45) is 12.2 Å². The third-order valence-corrected chi connectivity index (χ3v) is 3.80. The zero-order valence-corrected chi connectivity index (χ0v) is 12.3. The number of rotatable bonds is 5. The first-order valence-electron chi connectivity index (χ1n) is 6.26. The smallest absolute Gasteiger partial charge is 0.238 e. The van der Waals surface area contributed by atoms with E-state index in [1.807, 2.05) is 0 Å². The number of nitrogens with zero attached hydrogens (tertiary/aromatic N) is 2. The van der Waals surface area contributed by atoms with Crippen molar-refractivity contribution in [2.45, 2.75) is 17.7 Å². The Bertz CT molecular complexity index is 735. The average molecular weight is 308 g/mol. The fourth-order valence-electron chi connectivity index (χ4n) is 1.79. The number of anilines is 1. The van der Waals surface area contributed by atoms with Gasteiger partial charge in [0.25, 0.3) is 0 Å². The number of carbonyl (C=O) groups excluding carboxylic acids is 1. The van der Waals surface area contributed by atoms with Crippen LogP contribution in [0, 0.1) is 0 Å². The molecular weight excluding hydrogens is 292 g/mol. The van der Waals surface area contributed by atoms with E-state index in [0.717, 1.165) is 5.56 Å². The maximum Gasteiger partial charge on any atom is 0.238 e. The van der Waals surface area contributed by atoms with Crippen LogP contribution in [0.5, 0.6) is 0 Å². The van der Waals surface area contributed by atoms with Gasteiger partial charge in [-0.05, 0) is 24.1 Å². The van der Waals surface area contributed by atoms with Gasteiger partial charge >= 0.3 is 0 Å². The predicted molar refractivity (Wildman–Crippen MR) is 78.0 cm³/mol. The molecule has 1 aromatic heterocycles. The first-order chi connectivity index (χ1) is 9.84. The third-order valence-electron chi connectivity index (χ3n) is 2.87. The molecule has 0 aliphatic rings. The molecule has 2 rings (SSSR count). The van der Waals surface area contributed by atoms with E-state index in [9.17, 15) is 13.2 Å². The van der Waals surface area contributed by atoms with Gasteiger partial charge in [0.1, 0.15) is 0 Å². The number of amides is 1. The van der Waals surface area contributed by atoms with Crippen LogP contribution < -0.4 is 10.5 Å². The first-order valence-corrected chi connectivity index (χ1v) is 7.80. The summed E-state index contributed by atoms with van der Waals surface area (Å²) >= 11 is 0. The molecule has 0 aliphatic carbocycles. The highest BCUT2D eigenvalue weighted by Crippen LogP contribution is 2.11. The molecule has 0 atom stereocenters. The van der Waals surface area contributed by atoms with Crippen molar-refractivity contribution in [3.8, 4) is 0 Å². The van der Waals surface area contributed by atoms with Gasteiger partial charge in [0.05, 0.1) is 4.90 Å². The normalized spacial score (nSPS) is 11.3. The Balaban J connectivity index is 1.89. The Morgan fingerprint density at radius 3 is 2.48 bits per heavy atom. The number of nitrogens with two attached hydrogens (primary N) is 1. The van der Waals surface area contributed by atoms with Gasteiger partial charge in [0, 0.05) is 25.7 Å². The van der Waals surface area contributed by atoms with E-state index >= 15 is 0 Å². The van der Waals surface area contributed by atoms with Crippen molar-refractivity contribution < 1.29 is 13.2 Å². The molecule has 8 heteroatoms. The molecule has 0 aliphatic heterocycles. The highest BCUT2D eigenvalue weighted by Gasteiger charge is 2.08. The number of sulfonamides is 1. The van der Waals surface area contributed by atoms with E-state index in [0.29, 0.717) is 12.2 Å². The second kappa shape index (κ2) is 6.06. The van der Waals surface area contributed by atoms with E-state index in [4.69, 9.17) is 5.14 Å². The number of carbonyl (C=O) groups is 1. The monoisotopic (exact) mass is 308 g/mol. The van der Waals surface area contributed by atoms with Crippen molar-refractivity contribution in [1.29, 1.82) is 0 Å². The number of aromatic nitrogens is 2. The van der Waals surface area contributed by atoms with E-state index in [-0.39, 0.29) is 17.2 Å². The summed E-state index contributed by atoms with van der Waals surface area (Å²) in [6.07, 6.45) is 2.52. The molecule has 7 nitrogen and oxygen atoms in total. The molecule has 1 aromatic carbocycles. The summed E-state index contributed by atoms with van der Waals surface area (Å²) in [4.78, 5) is 11.8. The maximum absolute atomic E-state index is 11.7. The number of hydrogen-bond donors (Lipinski definition) is 2. The van der Waals surface area contributed by atoms with Gasteiger partial charge in [-0.1, -0.05) is 12.1 Å². The lowest BCUT2D eigenvalue weighted by atomic mass is 10.1. The van der Waals surface area contributed by atoms with Gasteiger partial charge in [-0.3, -0.25) is 9.48 Å². The van der Waals surface area contributed by atoms with Crippen molar-refractivity contribution in [1.82, 2.24) is 9.78 Å². The van der Waals surface area contributed by atoms with Crippen LogP contribution in [0.25, 0.3) is 0 Å². The molecule has 2 aromatic rings. The molecule has 1 heterocycles. The van der Waals surface area contributed by atoms with Gasteiger partial charge < -0.3 is 5.32 Å². The molecule has 0 saturated carbocycles. The molecule has 1 amide bonds. The summed E-state index contributed by atoms with van der Waals surface area (Å²) in [5, 5.41) is 11.7. The van der Waals surface area contributed by atoms with Crippen LogP contribution in [-0.4, -0.2) is 24.1 Å². The molecule has 0 bridgehead atoms. The standard InChI is InChI=1S/C13H16N4O3S/c1-17-9-8-12(16-17)15-13(18)7-4-10-2-5-11(6-3-10)21(14,19)20/h2-3,5-6,8-9H,4,7H2,1H3,(H2,14,19,20)(H,15,16,18). The minimum Gasteiger partial charge on any atom is -0.309 e. The van der Waals surface area contributed by atoms with Crippen LogP contribution in [0.2, 0.25) is 0 Å². The van der Waals surface area contributed by atoms with Gasteiger partial charge in [-0.25, -0.2) is 13.6 Å². The zero-order chi connectivity index (χ0) is 15.5. The minimum atomic E-state index is -3.68. The van der Waals surface area contributed by atoms with Crippen LogP contribution in [0.15, 0.2) is 41.4 Å². The van der Waals surface area contributed by atoms with Crippen molar-refractivity contribution >= 4 is 21.7 Å². The summed E-state index contributed by atoms with van der Waals surface area (Å²) in [6, 6.07) is 7.86. The van der Waals surface area contributed by atoms with Crippen LogP contribution in [0.4, 0.5) is 5.82 Å². The fraction of sp³-hybridized carbons (Fsp3) is 0.231. The number of hydrogen-bond acceptors (Lipinski definition) is 4. The zero-order valence-electron chi connectivity index (χ0n) is 11.5. The third kappa shape index (κ3) is 4.40. The van der Waals surface area contributed by atoms with Crippen molar-refractivity contribution in [3.05, 3.63) is 42.1 Å². The molecule has 0 fully saturated rings. The quantitative estimate of drug-likeness (QED) is 0.845. The molecular formula is C13H16N4O3S. The summed E-state index contributed by atoms with van der Waals surface area (Å²) < 4.78 is 23.8. The van der Waals surface area contributed by atoms with Crippen LogP contribution in [0.1, 0.15) is 12.0 Å². The van der Waals surface area contributed by atoms with E-state index < -0.39 is 10.0 Å². The Morgan fingerprint density at radius 2 is 1.95 bits per heavy atom. The largest absolute Gasteiger partial charge is 0.309 e. The van der Waals surface area contributed by atoms with Crippen molar-refractivity contribution in [3.63, 3.8) is 0 Å². The summed E-state index contributed by atoms with van der Waals surface area (Å²) in [5.41, 5.74) is 0.860. The minimum absolute atomic E-state index is 0.0594. The van der Waals surface area contributed by atoms with Crippen LogP contribution in [0.3, 0.4) is 0 Å². The predicted octanol–water partition coefficient (Wildman–Crippen LogP) is 0.639. The van der Waals surface area contributed by atoms with Gasteiger partial charge in [-0.15, -0.1) is 0 Å². The Hall–Kier alpha value is -2.19. The average Bonchev–Trinajstić information content (AvgIpc) is 2.81. The Kier molecular flexibility index (Phi) is 4.39. The molecule has 0 spiro atoms. The molecule has 0 unspecified atom stereocenters. The maximum atomic E-state index is 11.7. The number of nitrogens with one attached hydrogen (secondary N) is 1. The van der Waals surface area contributed by atoms with Gasteiger partial charge in [-0.2, -0.15) is 5.10 Å². The highest BCUT2D eigenvalue weighted by molar-refractivity contribution is 7.89. The molecule has 3 N–H and O–H groups in total. The Morgan fingerprint density at radius 1 is 1.29 bits per heavy atom. The van der Waals surface area contributed by atoms with E-state index in [2.05, 4.69) is 10.4 Å². The lowest BCUT2D eigenvalue weighted by Crippen LogP contribution is -2.13. The molecule has 0 radical (unpaired) electrons. The number of benzene rings is 1. The second-order valence-electron chi connectivity index (χ2n) is 4.61. The summed E-state index contributed by atoms with van der Waals surface area (Å²) in [7, 11) is -1.91. The second-order valence-corrected chi connectivity index (χ2v) is 6.17. The summed E-state index contributed by atoms with van der Waals surface area (Å²) in [5.74, 6) is 0.358. The van der Waals surface area contributed by atoms with Crippen molar-refractivity contribution in [2.75, 3.05) is 5.32 Å². The first kappa shape index (κ1) is 15.2. The molecule has 0 saturated heterocycles. The van der Waals surface area contributed by atoms with Crippen LogP contribution in [-0.2, 0) is 28.3 Å². The topological polar surface area (TPSA) is 107 Å². The lowest BCUT2D eigenvalue weighted by Gasteiger charge is -2.04. The highest BCUT2D eigenvalue weighted by atomic mass is 32.2. The van der Waals surface area contributed by atoms with E-state index in [1.54, 1.807) is 36.1 Å². The van der Waals surface area contributed by atoms with Gasteiger partial charge in [0.15, 0.2) is 5.82 Å². The number of aryl methyl sites for hydroxylation is 2. The Labute approximate surface area is 122 Å². The molecule has 21 heavy (non-hydrogen) atoms.